The molecule has 0 saturated carbocycles. The Morgan fingerprint density at radius 1 is 1.33 bits per heavy atom. The lowest BCUT2D eigenvalue weighted by atomic mass is 10.3. The fourth-order valence-electron chi connectivity index (χ4n) is 1.88. The Morgan fingerprint density at radius 2 is 2.33 bits per heavy atom. The van der Waals surface area contributed by atoms with Crippen LogP contribution >= 0.6 is 34.9 Å². The number of thioether (sulfide) groups is 2. The lowest BCUT2D eigenvalue weighted by molar-refractivity contribution is 0.888. The normalized spacial score (nSPS) is 14.8. The third-order valence-corrected chi connectivity index (χ3v) is 6.04. The molecule has 0 spiro atoms. The molecule has 0 atom stereocenters. The van der Waals surface area contributed by atoms with E-state index in [1.807, 2.05) is 22.8 Å². The fraction of sp³-hybridized carbons (Fsp3) is 0.250. The van der Waals surface area contributed by atoms with E-state index < -0.39 is 0 Å². The highest BCUT2D eigenvalue weighted by atomic mass is 32.2. The molecule has 106 valence electrons. The molecule has 4 rings (SSSR count). The molecule has 0 saturated heterocycles. The SMILES string of the molecule is c1cncc(-c2nn3c(CSC4=NCCS4)nnc3s2)c1. The van der Waals surface area contributed by atoms with Gasteiger partial charge in [0.2, 0.25) is 4.96 Å². The lowest BCUT2D eigenvalue weighted by Crippen LogP contribution is -1.95. The van der Waals surface area contributed by atoms with Crippen molar-refractivity contribution in [2.45, 2.75) is 5.75 Å². The summed E-state index contributed by atoms with van der Waals surface area (Å²) in [5.41, 5.74) is 1.00. The molecule has 21 heavy (non-hydrogen) atoms. The van der Waals surface area contributed by atoms with E-state index in [0.29, 0.717) is 0 Å². The quantitative estimate of drug-likeness (QED) is 0.733. The number of fused-ring (bicyclic) bond motifs is 1. The van der Waals surface area contributed by atoms with E-state index in [9.17, 15) is 0 Å². The first kappa shape index (κ1) is 13.2. The summed E-state index contributed by atoms with van der Waals surface area (Å²) in [5, 5.41) is 13.9. The maximum atomic E-state index is 4.60. The number of rotatable bonds is 3. The second-order valence-corrected chi connectivity index (χ2v) is 7.51. The molecule has 0 radical (unpaired) electrons. The molecule has 0 bridgehead atoms. The van der Waals surface area contributed by atoms with Crippen LogP contribution in [0, 0.1) is 0 Å². The van der Waals surface area contributed by atoms with E-state index in [-0.39, 0.29) is 0 Å². The van der Waals surface area contributed by atoms with Gasteiger partial charge in [-0.15, -0.1) is 10.2 Å². The second kappa shape index (κ2) is 5.74. The largest absolute Gasteiger partial charge is 0.271 e. The minimum absolute atomic E-state index is 0.739. The van der Waals surface area contributed by atoms with Crippen molar-refractivity contribution in [1.29, 1.82) is 0 Å². The fourth-order valence-corrected chi connectivity index (χ4v) is 4.65. The third kappa shape index (κ3) is 2.68. The third-order valence-electron chi connectivity index (χ3n) is 2.85. The summed E-state index contributed by atoms with van der Waals surface area (Å²) in [6.45, 7) is 0.921. The first-order valence-corrected chi connectivity index (χ1v) is 9.10. The summed E-state index contributed by atoms with van der Waals surface area (Å²) in [5.74, 6) is 2.68. The molecular weight excluding hydrogens is 324 g/mol. The molecule has 1 aliphatic rings. The first-order chi connectivity index (χ1) is 10.4. The molecule has 0 fully saturated rings. The van der Waals surface area contributed by atoms with Crippen LogP contribution in [0.5, 0.6) is 0 Å². The van der Waals surface area contributed by atoms with E-state index in [2.05, 4.69) is 25.3 Å². The monoisotopic (exact) mass is 334 g/mol. The van der Waals surface area contributed by atoms with Gasteiger partial charge in [-0.05, 0) is 12.1 Å². The average Bonchev–Trinajstić information content (AvgIpc) is 3.23. The number of nitrogens with zero attached hydrogens (tertiary/aromatic N) is 6. The van der Waals surface area contributed by atoms with Crippen LogP contribution in [0.2, 0.25) is 0 Å². The number of aliphatic imine (C=N–C) groups is 1. The van der Waals surface area contributed by atoms with Gasteiger partial charge in [-0.1, -0.05) is 34.9 Å². The van der Waals surface area contributed by atoms with Crippen LogP contribution in [0.1, 0.15) is 5.82 Å². The van der Waals surface area contributed by atoms with E-state index in [4.69, 9.17) is 0 Å². The number of hydrogen-bond donors (Lipinski definition) is 0. The number of pyridine rings is 1. The van der Waals surface area contributed by atoms with Gasteiger partial charge in [-0.2, -0.15) is 9.61 Å². The maximum Gasteiger partial charge on any atom is 0.235 e. The molecule has 6 nitrogen and oxygen atoms in total. The topological polar surface area (TPSA) is 68.3 Å². The smallest absolute Gasteiger partial charge is 0.235 e. The Kier molecular flexibility index (Phi) is 3.62. The Hall–Kier alpha value is -1.45. The summed E-state index contributed by atoms with van der Waals surface area (Å²) >= 11 is 5.03. The van der Waals surface area contributed by atoms with E-state index in [1.165, 1.54) is 11.3 Å². The van der Waals surface area contributed by atoms with Crippen molar-refractivity contribution in [3.05, 3.63) is 30.4 Å². The summed E-state index contributed by atoms with van der Waals surface area (Å²) in [6, 6.07) is 3.90. The molecule has 9 heteroatoms. The van der Waals surface area contributed by atoms with Gasteiger partial charge >= 0.3 is 0 Å². The van der Waals surface area contributed by atoms with Gasteiger partial charge in [0, 0.05) is 23.7 Å². The van der Waals surface area contributed by atoms with Crippen LogP contribution < -0.4 is 0 Å². The zero-order chi connectivity index (χ0) is 14.1. The van der Waals surface area contributed by atoms with Crippen molar-refractivity contribution >= 4 is 44.2 Å². The molecule has 0 amide bonds. The minimum atomic E-state index is 0.739. The molecule has 4 heterocycles. The second-order valence-electron chi connectivity index (χ2n) is 4.24. The minimum Gasteiger partial charge on any atom is -0.271 e. The summed E-state index contributed by atoms with van der Waals surface area (Å²) in [6.07, 6.45) is 3.57. The number of hydrogen-bond acceptors (Lipinski definition) is 8. The van der Waals surface area contributed by atoms with Gasteiger partial charge in [0.15, 0.2) is 5.82 Å². The predicted octanol–water partition coefficient (Wildman–Crippen LogP) is 2.58. The molecule has 0 aliphatic carbocycles. The van der Waals surface area contributed by atoms with Crippen molar-refractivity contribution in [2.75, 3.05) is 12.3 Å². The lowest BCUT2D eigenvalue weighted by Gasteiger charge is -1.97. The Labute approximate surface area is 133 Å². The molecule has 0 aromatic carbocycles. The Morgan fingerprint density at radius 3 is 3.14 bits per heavy atom. The highest BCUT2D eigenvalue weighted by Gasteiger charge is 2.15. The molecule has 0 unspecified atom stereocenters. The predicted molar refractivity (Wildman–Crippen MR) is 87.9 cm³/mol. The van der Waals surface area contributed by atoms with E-state index in [1.54, 1.807) is 29.7 Å². The van der Waals surface area contributed by atoms with Gasteiger partial charge in [0.25, 0.3) is 0 Å². The molecule has 1 aliphatic heterocycles. The molecule has 3 aromatic heterocycles. The zero-order valence-corrected chi connectivity index (χ0v) is 13.3. The summed E-state index contributed by atoms with van der Waals surface area (Å²) < 4.78 is 2.95. The van der Waals surface area contributed by atoms with Crippen LogP contribution in [0.3, 0.4) is 0 Å². The van der Waals surface area contributed by atoms with Crippen molar-refractivity contribution in [3.8, 4) is 10.6 Å². The molecule has 0 N–H and O–H groups in total. The Bertz CT molecular complexity index is 794. The van der Waals surface area contributed by atoms with Crippen molar-refractivity contribution in [1.82, 2.24) is 24.8 Å². The van der Waals surface area contributed by atoms with Gasteiger partial charge in [0.1, 0.15) is 9.38 Å². The van der Waals surface area contributed by atoms with E-state index >= 15 is 0 Å². The maximum absolute atomic E-state index is 4.60. The Balaban J connectivity index is 1.60. The van der Waals surface area contributed by atoms with E-state index in [0.717, 1.165) is 43.8 Å². The zero-order valence-electron chi connectivity index (χ0n) is 10.8. The summed E-state index contributed by atoms with van der Waals surface area (Å²) in [7, 11) is 0. The van der Waals surface area contributed by atoms with Crippen LogP contribution in [0.4, 0.5) is 0 Å². The van der Waals surface area contributed by atoms with Crippen molar-refractivity contribution < 1.29 is 0 Å². The van der Waals surface area contributed by atoms with Crippen molar-refractivity contribution in [2.24, 2.45) is 4.99 Å². The highest BCUT2D eigenvalue weighted by molar-refractivity contribution is 8.38. The van der Waals surface area contributed by atoms with Crippen LogP contribution in [-0.4, -0.2) is 41.5 Å². The van der Waals surface area contributed by atoms with Gasteiger partial charge in [-0.25, -0.2) is 0 Å². The van der Waals surface area contributed by atoms with Crippen LogP contribution in [0.15, 0.2) is 29.5 Å². The average molecular weight is 334 g/mol. The van der Waals surface area contributed by atoms with Crippen LogP contribution in [0.25, 0.3) is 15.5 Å². The molecule has 3 aromatic rings. The summed E-state index contributed by atoms with van der Waals surface area (Å²) in [4.78, 5) is 9.36. The first-order valence-electron chi connectivity index (χ1n) is 6.32. The standard InChI is InChI=1S/C12H10N6S3/c1-2-8(6-13-3-1)10-17-18-9(15-16-11(18)21-10)7-20-12-14-4-5-19-12/h1-3,6H,4-5,7H2. The molecular formula is C12H10N6S3. The van der Waals surface area contributed by atoms with Gasteiger partial charge in [-0.3, -0.25) is 9.98 Å². The van der Waals surface area contributed by atoms with Crippen LogP contribution in [-0.2, 0) is 5.75 Å². The highest BCUT2D eigenvalue weighted by Crippen LogP contribution is 2.27. The van der Waals surface area contributed by atoms with Gasteiger partial charge < -0.3 is 0 Å². The van der Waals surface area contributed by atoms with Crippen molar-refractivity contribution in [3.63, 3.8) is 0 Å². The van der Waals surface area contributed by atoms with Gasteiger partial charge in [0.05, 0.1) is 12.3 Å². The number of aromatic nitrogens is 5.